The van der Waals surface area contributed by atoms with Gasteiger partial charge in [-0.1, -0.05) is 5.21 Å². The molecule has 10 heteroatoms. The molecule has 0 aromatic carbocycles. The number of nitrogens with zero attached hydrogens (tertiary/aromatic N) is 7. The molecule has 0 bridgehead atoms. The molecule has 0 radical (unpaired) electrons. The van der Waals surface area contributed by atoms with Crippen molar-refractivity contribution in [1.82, 2.24) is 51.2 Å². The third-order valence-corrected chi connectivity index (χ3v) is 0.932. The third kappa shape index (κ3) is 6.51. The molecule has 0 aliphatic rings. The van der Waals surface area contributed by atoms with Crippen molar-refractivity contribution in [2.75, 3.05) is 0 Å². The van der Waals surface area contributed by atoms with Gasteiger partial charge in [0.2, 0.25) is 0 Å². The van der Waals surface area contributed by atoms with Gasteiger partial charge < -0.3 is 0 Å². The number of hydrogen-bond donors (Lipinski definition) is 3. The summed E-state index contributed by atoms with van der Waals surface area (Å²) in [6.07, 6.45) is 7.60. The van der Waals surface area contributed by atoms with E-state index in [1.54, 1.807) is 12.4 Å². The lowest BCUT2D eigenvalue weighted by molar-refractivity contribution is 0.881. The van der Waals surface area contributed by atoms with Crippen molar-refractivity contribution in [2.45, 2.75) is 0 Å². The quantitative estimate of drug-likeness (QED) is 0.422. The van der Waals surface area contributed by atoms with Gasteiger partial charge in [-0.3, -0.25) is 10.2 Å². The molecule has 3 heterocycles. The van der Waals surface area contributed by atoms with E-state index in [2.05, 4.69) is 51.2 Å². The van der Waals surface area contributed by atoms with Crippen LogP contribution in [0, 0.1) is 0 Å². The first-order chi connectivity index (χ1) is 7.50. The molecular weight excluding hydrogens is 200 g/mol. The summed E-state index contributed by atoms with van der Waals surface area (Å²) in [5, 5.41) is 27.3. The zero-order valence-electron chi connectivity index (χ0n) is 7.52. The number of rotatable bonds is 0. The molecule has 0 saturated carbocycles. The summed E-state index contributed by atoms with van der Waals surface area (Å²) in [5.74, 6) is 0. The summed E-state index contributed by atoms with van der Waals surface area (Å²) in [6.45, 7) is 0. The van der Waals surface area contributed by atoms with Gasteiger partial charge in [0.25, 0.3) is 0 Å². The highest BCUT2D eigenvalue weighted by atomic mass is 15.5. The lowest BCUT2D eigenvalue weighted by Crippen LogP contribution is -1.64. The number of tetrazole rings is 1. The Morgan fingerprint density at radius 3 is 2.07 bits per heavy atom. The molecule has 0 amide bonds. The zero-order valence-corrected chi connectivity index (χ0v) is 7.52. The van der Waals surface area contributed by atoms with Crippen LogP contribution in [-0.4, -0.2) is 51.2 Å². The van der Waals surface area contributed by atoms with E-state index >= 15 is 0 Å². The van der Waals surface area contributed by atoms with Crippen LogP contribution in [0.25, 0.3) is 0 Å². The minimum atomic E-state index is 1.40. The molecule has 0 spiro atoms. The molecule has 15 heavy (non-hydrogen) atoms. The summed E-state index contributed by atoms with van der Waals surface area (Å²) in [5.41, 5.74) is 0. The van der Waals surface area contributed by atoms with Crippen LogP contribution in [0.2, 0.25) is 0 Å². The molecule has 0 unspecified atom stereocenters. The Morgan fingerprint density at radius 1 is 0.867 bits per heavy atom. The predicted octanol–water partition coefficient (Wildman–Crippen LogP) is -1.19. The molecule has 0 atom stereocenters. The van der Waals surface area contributed by atoms with Gasteiger partial charge in [-0.25, -0.2) is 10.1 Å². The van der Waals surface area contributed by atoms with Gasteiger partial charge in [-0.15, -0.1) is 10.2 Å². The van der Waals surface area contributed by atoms with Crippen LogP contribution < -0.4 is 0 Å². The molecule has 10 nitrogen and oxygen atoms in total. The fourth-order valence-electron chi connectivity index (χ4n) is 0.462. The van der Waals surface area contributed by atoms with Gasteiger partial charge in [-0.05, 0) is 10.4 Å². The molecule has 0 aliphatic carbocycles. The van der Waals surface area contributed by atoms with Crippen molar-refractivity contribution in [2.24, 2.45) is 0 Å². The average molecular weight is 208 g/mol. The average Bonchev–Trinajstić information content (AvgIpc) is 3.09. The zero-order chi connectivity index (χ0) is 10.6. The molecule has 78 valence electrons. The molecule has 0 aliphatic heterocycles. The summed E-state index contributed by atoms with van der Waals surface area (Å²) in [6, 6.07) is 0. The van der Waals surface area contributed by atoms with Gasteiger partial charge in [0.15, 0.2) is 0 Å². The van der Waals surface area contributed by atoms with Crippen LogP contribution in [0.5, 0.6) is 0 Å². The van der Waals surface area contributed by atoms with E-state index in [0.717, 1.165) is 0 Å². The van der Waals surface area contributed by atoms with Crippen molar-refractivity contribution >= 4 is 0 Å². The molecule has 3 aromatic rings. The van der Waals surface area contributed by atoms with E-state index < -0.39 is 0 Å². The minimum Gasteiger partial charge on any atom is -0.266 e. The van der Waals surface area contributed by atoms with E-state index in [1.165, 1.54) is 19.0 Å². The maximum atomic E-state index is 3.56. The van der Waals surface area contributed by atoms with Crippen molar-refractivity contribution in [3.8, 4) is 0 Å². The van der Waals surface area contributed by atoms with E-state index in [-0.39, 0.29) is 0 Å². The summed E-state index contributed by atoms with van der Waals surface area (Å²) in [7, 11) is 0. The molecule has 3 rings (SSSR count). The Morgan fingerprint density at radius 2 is 1.87 bits per heavy atom. The molecule has 0 fully saturated rings. The molecule has 3 aromatic heterocycles. The van der Waals surface area contributed by atoms with Crippen LogP contribution in [0.4, 0.5) is 0 Å². The Labute approximate surface area is 83.5 Å². The van der Waals surface area contributed by atoms with Crippen LogP contribution in [0.15, 0.2) is 31.4 Å². The second-order valence-electron chi connectivity index (χ2n) is 1.88. The van der Waals surface area contributed by atoms with Gasteiger partial charge in [0.1, 0.15) is 19.0 Å². The Kier molecular flexibility index (Phi) is 5.54. The maximum absolute atomic E-state index is 3.56. The highest BCUT2D eigenvalue weighted by Gasteiger charge is 1.59. The highest BCUT2D eigenvalue weighted by Crippen LogP contribution is 1.55. The van der Waals surface area contributed by atoms with Crippen LogP contribution in [0.1, 0.15) is 0 Å². The lowest BCUT2D eigenvalue weighted by Gasteiger charge is -1.46. The predicted molar refractivity (Wildman–Crippen MR) is 46.9 cm³/mol. The number of hydrogen-bond acceptors (Lipinski definition) is 7. The minimum absolute atomic E-state index is 1.40. The second-order valence-corrected chi connectivity index (χ2v) is 1.88. The Bertz CT molecular complexity index is 246. The number of H-pyrrole nitrogens is 3. The van der Waals surface area contributed by atoms with Crippen molar-refractivity contribution in [1.29, 1.82) is 0 Å². The fraction of sp³-hybridized carbons (Fsp3) is 0. The molecule has 0 saturated heterocycles. The van der Waals surface area contributed by atoms with Gasteiger partial charge in [0, 0.05) is 6.20 Å². The van der Waals surface area contributed by atoms with E-state index in [0.29, 0.717) is 0 Å². The maximum Gasteiger partial charge on any atom is 0.137 e. The smallest absolute Gasteiger partial charge is 0.137 e. The Balaban J connectivity index is 0.000000112. The first-order valence-corrected chi connectivity index (χ1v) is 3.76. The monoisotopic (exact) mass is 208 g/mol. The molecule has 3 N–H and O–H groups in total. The number of aromatic nitrogens is 10. The van der Waals surface area contributed by atoms with Crippen molar-refractivity contribution < 1.29 is 0 Å². The van der Waals surface area contributed by atoms with E-state index in [9.17, 15) is 0 Å². The standard InChI is InChI=1S/2C2H3N3.CH2N4/c1-3-2-5-4-1;2*1-2-4-5-3-1/h2*1-2H,(H,3,4,5);1H,(H,2,3,4,5). The van der Waals surface area contributed by atoms with Crippen molar-refractivity contribution in [3.05, 3.63) is 31.4 Å². The summed E-state index contributed by atoms with van der Waals surface area (Å²) < 4.78 is 0. The first kappa shape index (κ1) is 10.4. The molecular formula is C5H8N10. The highest BCUT2D eigenvalue weighted by molar-refractivity contribution is 4.54. The van der Waals surface area contributed by atoms with Crippen LogP contribution >= 0.6 is 0 Å². The normalized spacial score (nSPS) is 8.00. The summed E-state index contributed by atoms with van der Waals surface area (Å²) in [4.78, 5) is 3.56. The van der Waals surface area contributed by atoms with Crippen LogP contribution in [-0.2, 0) is 0 Å². The topological polar surface area (TPSA) is 138 Å². The SMILES string of the molecule is c1c[nH]nn1.c1nc[nH]n1.c1nnn[nH]1. The Hall–Kier alpha value is -2.65. The van der Waals surface area contributed by atoms with Crippen molar-refractivity contribution in [3.63, 3.8) is 0 Å². The second kappa shape index (κ2) is 7.97. The summed E-state index contributed by atoms with van der Waals surface area (Å²) >= 11 is 0. The fourth-order valence-corrected chi connectivity index (χ4v) is 0.462. The third-order valence-electron chi connectivity index (χ3n) is 0.932. The lowest BCUT2D eigenvalue weighted by atomic mass is 11.0. The van der Waals surface area contributed by atoms with Crippen LogP contribution in [0.3, 0.4) is 0 Å². The van der Waals surface area contributed by atoms with Gasteiger partial charge >= 0.3 is 0 Å². The largest absolute Gasteiger partial charge is 0.266 e. The van der Waals surface area contributed by atoms with Gasteiger partial charge in [-0.2, -0.15) is 5.10 Å². The van der Waals surface area contributed by atoms with E-state index in [4.69, 9.17) is 0 Å². The van der Waals surface area contributed by atoms with E-state index in [1.807, 2.05) is 0 Å². The first-order valence-electron chi connectivity index (χ1n) is 3.76. The number of nitrogens with one attached hydrogen (secondary N) is 3. The number of aromatic amines is 3. The van der Waals surface area contributed by atoms with Gasteiger partial charge in [0.05, 0.1) is 6.20 Å².